The molecule has 2 amide bonds. The molecule has 1 rings (SSSR count). The third-order valence-electron chi connectivity index (χ3n) is 2.15. The molecule has 6 heteroatoms. The van der Waals surface area contributed by atoms with Gasteiger partial charge in [-0.25, -0.2) is 4.79 Å². The van der Waals surface area contributed by atoms with Crippen molar-refractivity contribution in [1.82, 2.24) is 10.2 Å². The van der Waals surface area contributed by atoms with E-state index in [1.165, 1.54) is 0 Å². The number of urea groups is 1. The topological polar surface area (TPSA) is 69.6 Å². The van der Waals surface area contributed by atoms with E-state index in [4.69, 9.17) is 5.11 Å². The van der Waals surface area contributed by atoms with Gasteiger partial charge in [0.1, 0.15) is 0 Å². The summed E-state index contributed by atoms with van der Waals surface area (Å²) < 4.78 is 0. The van der Waals surface area contributed by atoms with Gasteiger partial charge in [0, 0.05) is 30.6 Å². The minimum atomic E-state index is -0.892. The number of carbonyl (C=O) groups excluding carboxylic acids is 1. The Kier molecular flexibility index (Phi) is 4.74. The van der Waals surface area contributed by atoms with Crippen LogP contribution in [0.3, 0.4) is 0 Å². The van der Waals surface area contributed by atoms with Crippen LogP contribution >= 0.6 is 11.8 Å². The Bertz CT molecular complexity index is 242. The van der Waals surface area contributed by atoms with Gasteiger partial charge in [0.15, 0.2) is 0 Å². The average Bonchev–Trinajstić information content (AvgIpc) is 2.17. The maximum Gasteiger partial charge on any atom is 0.317 e. The zero-order valence-corrected chi connectivity index (χ0v) is 9.55. The standard InChI is InChI=1S/C9H16N2O3S/c1-7(6-8(12)13)10-9(14)11-2-4-15-5-3-11/h7H,2-6H2,1H3,(H,10,14)(H,12,13). The quantitative estimate of drug-likeness (QED) is 0.748. The molecule has 1 unspecified atom stereocenters. The fraction of sp³-hybridized carbons (Fsp3) is 0.778. The highest BCUT2D eigenvalue weighted by Crippen LogP contribution is 2.09. The van der Waals surface area contributed by atoms with Gasteiger partial charge in [-0.3, -0.25) is 4.79 Å². The van der Waals surface area contributed by atoms with Gasteiger partial charge in [0.2, 0.25) is 0 Å². The molecule has 0 radical (unpaired) electrons. The molecule has 1 heterocycles. The first-order valence-electron chi connectivity index (χ1n) is 4.94. The van der Waals surface area contributed by atoms with E-state index in [1.807, 2.05) is 11.8 Å². The van der Waals surface area contributed by atoms with Gasteiger partial charge < -0.3 is 15.3 Å². The van der Waals surface area contributed by atoms with Crippen LogP contribution in [0.1, 0.15) is 13.3 Å². The zero-order valence-electron chi connectivity index (χ0n) is 8.73. The number of carboxylic acid groups (broad SMARTS) is 1. The number of carbonyl (C=O) groups is 2. The van der Waals surface area contributed by atoms with Crippen LogP contribution in [0, 0.1) is 0 Å². The van der Waals surface area contributed by atoms with E-state index >= 15 is 0 Å². The Hall–Kier alpha value is -0.910. The maximum absolute atomic E-state index is 11.6. The molecule has 1 atom stereocenters. The number of amides is 2. The highest BCUT2D eigenvalue weighted by molar-refractivity contribution is 7.99. The lowest BCUT2D eigenvalue weighted by Gasteiger charge is -2.27. The molecule has 1 aliphatic heterocycles. The Morgan fingerprint density at radius 2 is 2.07 bits per heavy atom. The number of nitrogens with zero attached hydrogens (tertiary/aromatic N) is 1. The van der Waals surface area contributed by atoms with Crippen molar-refractivity contribution in [2.45, 2.75) is 19.4 Å². The van der Waals surface area contributed by atoms with Crippen LogP contribution in [-0.4, -0.2) is 52.6 Å². The number of nitrogens with one attached hydrogen (secondary N) is 1. The van der Waals surface area contributed by atoms with Crippen LogP contribution in [0.15, 0.2) is 0 Å². The number of thioether (sulfide) groups is 1. The molecule has 0 aliphatic carbocycles. The Balaban J connectivity index is 2.30. The summed E-state index contributed by atoms with van der Waals surface area (Å²) in [5, 5.41) is 11.2. The van der Waals surface area contributed by atoms with Gasteiger partial charge in [0.05, 0.1) is 6.42 Å². The molecule has 2 N–H and O–H groups in total. The normalized spacial score (nSPS) is 18.3. The third-order valence-corrected chi connectivity index (χ3v) is 3.09. The van der Waals surface area contributed by atoms with Gasteiger partial charge in [-0.05, 0) is 6.92 Å². The van der Waals surface area contributed by atoms with E-state index in [-0.39, 0.29) is 18.5 Å². The molecular weight excluding hydrogens is 216 g/mol. The van der Waals surface area contributed by atoms with Crippen molar-refractivity contribution < 1.29 is 14.7 Å². The van der Waals surface area contributed by atoms with Gasteiger partial charge in [-0.15, -0.1) is 0 Å². The second kappa shape index (κ2) is 5.85. The van der Waals surface area contributed by atoms with E-state index in [1.54, 1.807) is 11.8 Å². The van der Waals surface area contributed by atoms with Crippen molar-refractivity contribution in [1.29, 1.82) is 0 Å². The molecular formula is C9H16N2O3S. The van der Waals surface area contributed by atoms with Crippen LogP contribution in [0.4, 0.5) is 4.79 Å². The SMILES string of the molecule is CC(CC(=O)O)NC(=O)N1CCSCC1. The summed E-state index contributed by atoms with van der Waals surface area (Å²) in [4.78, 5) is 23.7. The molecule has 15 heavy (non-hydrogen) atoms. The fourth-order valence-corrected chi connectivity index (χ4v) is 2.28. The molecule has 5 nitrogen and oxygen atoms in total. The lowest BCUT2D eigenvalue weighted by atomic mass is 10.2. The first-order chi connectivity index (χ1) is 7.09. The number of hydrogen-bond acceptors (Lipinski definition) is 3. The molecule has 0 bridgehead atoms. The molecule has 0 aromatic carbocycles. The van der Waals surface area contributed by atoms with Gasteiger partial charge in [-0.2, -0.15) is 11.8 Å². The smallest absolute Gasteiger partial charge is 0.317 e. The Labute approximate surface area is 93.2 Å². The van der Waals surface area contributed by atoms with E-state index in [0.717, 1.165) is 24.6 Å². The second-order valence-electron chi connectivity index (χ2n) is 3.55. The van der Waals surface area contributed by atoms with Gasteiger partial charge in [0.25, 0.3) is 0 Å². The van der Waals surface area contributed by atoms with Crippen molar-refractivity contribution in [2.75, 3.05) is 24.6 Å². The van der Waals surface area contributed by atoms with E-state index < -0.39 is 5.97 Å². The molecule has 1 saturated heterocycles. The lowest BCUT2D eigenvalue weighted by Crippen LogP contribution is -2.47. The Morgan fingerprint density at radius 3 is 2.60 bits per heavy atom. The van der Waals surface area contributed by atoms with Crippen molar-refractivity contribution in [3.05, 3.63) is 0 Å². The molecule has 1 fully saturated rings. The minimum absolute atomic E-state index is 0.0334. The summed E-state index contributed by atoms with van der Waals surface area (Å²) >= 11 is 1.83. The highest BCUT2D eigenvalue weighted by atomic mass is 32.2. The molecule has 0 aromatic heterocycles. The van der Waals surface area contributed by atoms with Crippen LogP contribution in [-0.2, 0) is 4.79 Å². The van der Waals surface area contributed by atoms with E-state index in [9.17, 15) is 9.59 Å². The Morgan fingerprint density at radius 1 is 1.47 bits per heavy atom. The van der Waals surface area contributed by atoms with Crippen LogP contribution in [0.5, 0.6) is 0 Å². The summed E-state index contributed by atoms with van der Waals surface area (Å²) in [5.41, 5.74) is 0. The predicted octanol–water partition coefficient (Wildman–Crippen LogP) is 0.608. The van der Waals surface area contributed by atoms with E-state index in [2.05, 4.69) is 5.32 Å². The first-order valence-corrected chi connectivity index (χ1v) is 6.10. The minimum Gasteiger partial charge on any atom is -0.481 e. The van der Waals surface area contributed by atoms with Gasteiger partial charge >= 0.3 is 12.0 Å². The largest absolute Gasteiger partial charge is 0.481 e. The number of hydrogen-bond donors (Lipinski definition) is 2. The van der Waals surface area contributed by atoms with Crippen molar-refractivity contribution in [2.24, 2.45) is 0 Å². The third kappa shape index (κ3) is 4.42. The molecule has 0 spiro atoms. The lowest BCUT2D eigenvalue weighted by molar-refractivity contribution is -0.137. The number of rotatable bonds is 3. The first kappa shape index (κ1) is 12.2. The maximum atomic E-state index is 11.6. The van der Waals surface area contributed by atoms with Crippen molar-refractivity contribution in [3.63, 3.8) is 0 Å². The zero-order chi connectivity index (χ0) is 11.3. The molecule has 0 saturated carbocycles. The summed E-state index contributed by atoms with van der Waals surface area (Å²) in [6, 6.07) is -0.464. The number of aliphatic carboxylic acids is 1. The fourth-order valence-electron chi connectivity index (χ4n) is 1.38. The van der Waals surface area contributed by atoms with Crippen molar-refractivity contribution in [3.8, 4) is 0 Å². The van der Waals surface area contributed by atoms with Crippen LogP contribution < -0.4 is 5.32 Å². The van der Waals surface area contributed by atoms with Gasteiger partial charge in [-0.1, -0.05) is 0 Å². The highest BCUT2D eigenvalue weighted by Gasteiger charge is 2.18. The average molecular weight is 232 g/mol. The predicted molar refractivity (Wildman–Crippen MR) is 59.1 cm³/mol. The molecule has 86 valence electrons. The van der Waals surface area contributed by atoms with Crippen molar-refractivity contribution >= 4 is 23.8 Å². The van der Waals surface area contributed by atoms with Crippen LogP contribution in [0.2, 0.25) is 0 Å². The summed E-state index contributed by atoms with van der Waals surface area (Å²) in [6.45, 7) is 3.19. The molecule has 0 aromatic rings. The summed E-state index contributed by atoms with van der Waals surface area (Å²) in [6.07, 6.45) is -0.0334. The monoisotopic (exact) mass is 232 g/mol. The summed E-state index contributed by atoms with van der Waals surface area (Å²) in [7, 11) is 0. The second-order valence-corrected chi connectivity index (χ2v) is 4.77. The van der Waals surface area contributed by atoms with E-state index in [0.29, 0.717) is 0 Å². The summed E-state index contributed by atoms with van der Waals surface area (Å²) in [5.74, 6) is 1.03. The number of carboxylic acids is 1. The van der Waals surface area contributed by atoms with Crippen LogP contribution in [0.25, 0.3) is 0 Å². The molecule has 1 aliphatic rings.